The van der Waals surface area contributed by atoms with E-state index in [9.17, 15) is 33.9 Å². The van der Waals surface area contributed by atoms with Crippen molar-refractivity contribution in [1.29, 1.82) is 0 Å². The number of halogens is 3. The van der Waals surface area contributed by atoms with Gasteiger partial charge in [0.15, 0.2) is 11.6 Å². The lowest BCUT2D eigenvalue weighted by atomic mass is 9.49. The largest absolute Gasteiger partial charge is 0.505 e. The first-order valence-electron chi connectivity index (χ1n) is 16.6. The Morgan fingerprint density at radius 3 is 2.27 bits per heavy atom. The molecule has 0 radical (unpaired) electrons. The number of phenols is 1. The lowest BCUT2D eigenvalue weighted by Crippen LogP contribution is -2.53. The summed E-state index contributed by atoms with van der Waals surface area (Å²) in [5, 5.41) is 32.1. The zero-order chi connectivity index (χ0) is 36.6. The van der Waals surface area contributed by atoms with E-state index in [1.54, 1.807) is 30.3 Å². The van der Waals surface area contributed by atoms with Crippen molar-refractivity contribution in [1.82, 2.24) is 5.01 Å². The summed E-state index contributed by atoms with van der Waals surface area (Å²) in [5.74, 6) is -9.78. The van der Waals surface area contributed by atoms with Gasteiger partial charge in [-0.15, -0.1) is 0 Å². The number of nitrogens with one attached hydrogen (secondary N) is 1. The molecule has 2 aliphatic heterocycles. The van der Waals surface area contributed by atoms with Crippen molar-refractivity contribution in [2.24, 2.45) is 23.7 Å². The number of allylic oxidation sites excluding steroid dienone is 2. The Morgan fingerprint density at radius 2 is 1.56 bits per heavy atom. The molecule has 4 N–H and O–H groups in total. The number of nitrogens with zero attached hydrogens (tertiary/aromatic N) is 2. The first-order valence-corrected chi connectivity index (χ1v) is 17.0. The topological polar surface area (TPSA) is 147 Å². The second-order valence-corrected chi connectivity index (χ2v) is 14.0. The smallest absolute Gasteiger partial charge is 0.488 e. The van der Waals surface area contributed by atoms with Crippen molar-refractivity contribution < 1.29 is 43.1 Å². The van der Waals surface area contributed by atoms with Gasteiger partial charge >= 0.3 is 7.12 Å². The summed E-state index contributed by atoms with van der Waals surface area (Å²) in [6.45, 7) is 0. The van der Waals surface area contributed by atoms with Crippen LogP contribution in [0, 0.1) is 35.3 Å². The van der Waals surface area contributed by atoms with Crippen molar-refractivity contribution >= 4 is 59.2 Å². The minimum Gasteiger partial charge on any atom is -0.505 e. The Bertz CT molecular complexity index is 2200. The van der Waals surface area contributed by atoms with E-state index in [-0.39, 0.29) is 35.2 Å². The average Bonchev–Trinajstić information content (AvgIpc) is 3.51. The summed E-state index contributed by atoms with van der Waals surface area (Å²) >= 11 is 6.29. The maximum atomic E-state index is 15.3. The molecule has 14 heteroatoms. The minimum absolute atomic E-state index is 0.0115. The van der Waals surface area contributed by atoms with Gasteiger partial charge in [0.05, 0.1) is 34.5 Å². The third-order valence-electron chi connectivity index (χ3n) is 11.0. The monoisotopic (exact) mass is 723 g/mol. The molecule has 2 aliphatic carbocycles. The summed E-state index contributed by atoms with van der Waals surface area (Å²) < 4.78 is 29.1. The molecule has 0 unspecified atom stereocenters. The summed E-state index contributed by atoms with van der Waals surface area (Å²) in [6, 6.07) is 21.1. The van der Waals surface area contributed by atoms with Crippen molar-refractivity contribution in [2.45, 2.75) is 24.2 Å². The summed E-state index contributed by atoms with van der Waals surface area (Å²) in [7, 11) is -1.85. The Balaban J connectivity index is 1.32. The van der Waals surface area contributed by atoms with E-state index in [0.717, 1.165) is 28.1 Å². The van der Waals surface area contributed by atoms with Crippen LogP contribution in [0.2, 0.25) is 5.02 Å². The fourth-order valence-corrected chi connectivity index (χ4v) is 8.97. The fourth-order valence-electron chi connectivity index (χ4n) is 8.84. The third kappa shape index (κ3) is 4.90. The Morgan fingerprint density at radius 1 is 0.846 bits per heavy atom. The number of carbonyl (C=O) groups is 4. The van der Waals surface area contributed by atoms with E-state index in [4.69, 9.17) is 11.6 Å². The predicted molar refractivity (Wildman–Crippen MR) is 186 cm³/mol. The number of hydrazine groups is 1. The number of amides is 4. The molecule has 8 rings (SSSR count). The lowest BCUT2D eigenvalue weighted by Gasteiger charge is -2.50. The minimum atomic E-state index is -1.85. The normalized spacial score (nSPS) is 26.6. The molecule has 0 aromatic heterocycles. The van der Waals surface area contributed by atoms with Crippen LogP contribution >= 0.6 is 11.6 Å². The molecule has 6 atom stereocenters. The van der Waals surface area contributed by atoms with E-state index >= 15 is 9.18 Å². The highest BCUT2D eigenvalue weighted by Gasteiger charge is 2.70. The fraction of sp³-hybridized carbons (Fsp3) is 0.211. The predicted octanol–water partition coefficient (Wildman–Crippen LogP) is 4.19. The third-order valence-corrected chi connectivity index (χ3v) is 11.3. The molecule has 4 amide bonds. The number of aromatic hydroxyl groups is 1. The number of hydrogen-bond acceptors (Lipinski definition) is 8. The van der Waals surface area contributed by atoms with Crippen molar-refractivity contribution in [2.75, 3.05) is 10.3 Å². The van der Waals surface area contributed by atoms with Crippen LogP contribution in [-0.2, 0) is 24.6 Å². The van der Waals surface area contributed by atoms with Crippen LogP contribution in [0.25, 0.3) is 0 Å². The Labute approximate surface area is 301 Å². The van der Waals surface area contributed by atoms with E-state index in [0.29, 0.717) is 16.2 Å². The molecule has 52 heavy (non-hydrogen) atoms. The van der Waals surface area contributed by atoms with Gasteiger partial charge in [-0.05, 0) is 84.4 Å². The Kier molecular flexibility index (Phi) is 8.05. The van der Waals surface area contributed by atoms with E-state index in [1.807, 2.05) is 0 Å². The zero-order valence-corrected chi connectivity index (χ0v) is 27.9. The SMILES string of the molecule is O=C1[C@@H]2C[C@@H]3C(=CC[C@@H]4C(=O)N(c5cccc(B(O)O)c5)C(=O)[C@@H]43)[C@H](c3cccc(F)c3O)[C@]2(c2ccc(Cl)cc2)C(=O)N1Nc1ccc(F)cc1. The van der Waals surface area contributed by atoms with Crippen LogP contribution in [0.4, 0.5) is 20.2 Å². The molecule has 0 spiro atoms. The number of hydrogen-bond donors (Lipinski definition) is 4. The number of phenolic OH excluding ortho intramolecular Hbond substituents is 1. The molecule has 2 heterocycles. The standard InChI is InChI=1S/C38H29BClF2N3O7/c40-21-9-7-19(8-10-21)38-29(35(48)45(37(38)50)43-23-13-11-22(41)12-14-23)18-28-25(32(38)27-5-2-6-30(42)33(27)46)15-16-26-31(28)36(49)44(34(26)47)24-4-1-3-20(17-24)39(51)52/h1-15,17,26,28-29,31-32,43,46,51-52H,16,18H2/t26-,28+,29-,31-,32+,38+/m0/s1. The van der Waals surface area contributed by atoms with Crippen molar-refractivity contribution in [3.05, 3.63) is 130 Å². The number of imide groups is 2. The zero-order valence-electron chi connectivity index (χ0n) is 27.1. The molecule has 10 nitrogen and oxygen atoms in total. The van der Waals surface area contributed by atoms with Gasteiger partial charge in [0, 0.05) is 16.5 Å². The first-order chi connectivity index (χ1) is 24.9. The number of para-hydroxylation sites is 1. The quantitative estimate of drug-likeness (QED) is 0.132. The van der Waals surface area contributed by atoms with Gasteiger partial charge in [-0.25, -0.2) is 8.78 Å². The van der Waals surface area contributed by atoms with Crippen LogP contribution in [0.15, 0.2) is 103 Å². The molecular formula is C38H29BClF2N3O7. The van der Waals surface area contributed by atoms with Crippen molar-refractivity contribution in [3.63, 3.8) is 0 Å². The highest BCUT2D eigenvalue weighted by molar-refractivity contribution is 6.58. The number of fused-ring (bicyclic) bond motifs is 4. The number of anilines is 2. The molecular weight excluding hydrogens is 695 g/mol. The summed E-state index contributed by atoms with van der Waals surface area (Å²) in [4.78, 5) is 59.2. The maximum absolute atomic E-state index is 15.3. The summed E-state index contributed by atoms with van der Waals surface area (Å²) in [5.41, 5.74) is 2.33. The molecule has 1 saturated carbocycles. The van der Waals surface area contributed by atoms with Crippen LogP contribution in [0.3, 0.4) is 0 Å². The number of carbonyl (C=O) groups excluding carboxylic acids is 4. The van der Waals surface area contributed by atoms with Gasteiger partial charge in [0.25, 0.3) is 11.8 Å². The highest BCUT2D eigenvalue weighted by atomic mass is 35.5. The van der Waals surface area contributed by atoms with Gasteiger partial charge < -0.3 is 15.2 Å². The van der Waals surface area contributed by atoms with E-state index in [1.165, 1.54) is 48.5 Å². The molecule has 4 aliphatic rings. The van der Waals surface area contributed by atoms with Gasteiger partial charge in [-0.2, -0.15) is 5.01 Å². The van der Waals surface area contributed by atoms with Crippen LogP contribution in [0.5, 0.6) is 5.75 Å². The second kappa shape index (κ2) is 12.4. The van der Waals surface area contributed by atoms with Gasteiger partial charge in [-0.3, -0.25) is 29.5 Å². The lowest BCUT2D eigenvalue weighted by molar-refractivity contribution is -0.138. The van der Waals surface area contributed by atoms with Gasteiger partial charge in [-0.1, -0.05) is 59.6 Å². The van der Waals surface area contributed by atoms with Crippen LogP contribution in [0.1, 0.15) is 29.9 Å². The summed E-state index contributed by atoms with van der Waals surface area (Å²) in [6.07, 6.45) is 1.75. The first kappa shape index (κ1) is 33.8. The van der Waals surface area contributed by atoms with Gasteiger partial charge in [0.2, 0.25) is 11.8 Å². The Hall–Kier alpha value is -5.37. The maximum Gasteiger partial charge on any atom is 0.488 e. The molecule has 3 fully saturated rings. The van der Waals surface area contributed by atoms with Crippen molar-refractivity contribution in [3.8, 4) is 5.75 Å². The second-order valence-electron chi connectivity index (χ2n) is 13.5. The van der Waals surface area contributed by atoms with Crippen LogP contribution < -0.4 is 15.8 Å². The molecule has 4 aromatic rings. The number of benzene rings is 4. The molecule has 2 saturated heterocycles. The average molecular weight is 724 g/mol. The molecule has 262 valence electrons. The number of rotatable bonds is 6. The van der Waals surface area contributed by atoms with Gasteiger partial charge in [0.1, 0.15) is 5.82 Å². The van der Waals surface area contributed by atoms with E-state index in [2.05, 4.69) is 5.43 Å². The molecule has 4 aromatic carbocycles. The van der Waals surface area contributed by atoms with Crippen LogP contribution in [-0.4, -0.2) is 50.9 Å². The van der Waals surface area contributed by atoms with E-state index < -0.39 is 83.1 Å². The molecule has 0 bridgehead atoms. The highest BCUT2D eigenvalue weighted by Crippen LogP contribution is 2.65.